The van der Waals surface area contributed by atoms with Crippen molar-refractivity contribution in [1.29, 1.82) is 0 Å². The van der Waals surface area contributed by atoms with Gasteiger partial charge in [0.1, 0.15) is 0 Å². The highest BCUT2D eigenvalue weighted by Crippen LogP contribution is 1.82. The molecule has 6 heteroatoms. The molecule has 0 saturated carbocycles. The van der Waals surface area contributed by atoms with Crippen LogP contribution in [0.4, 0.5) is 0 Å². The molecule has 0 spiro atoms. The van der Waals surface area contributed by atoms with E-state index in [1.165, 1.54) is 0 Å². The van der Waals surface area contributed by atoms with Crippen molar-refractivity contribution in [2.24, 2.45) is 5.14 Å². The number of halogens is 1. The Morgan fingerprint density at radius 1 is 1.67 bits per heavy atom. The summed E-state index contributed by atoms with van der Waals surface area (Å²) in [5.74, 6) is 0. The molecule has 0 unspecified atom stereocenters. The highest BCUT2D eigenvalue weighted by Gasteiger charge is 1.94. The van der Waals surface area contributed by atoms with E-state index >= 15 is 0 Å². The summed E-state index contributed by atoms with van der Waals surface area (Å²) in [6, 6.07) is 0. The third-order valence-electron chi connectivity index (χ3n) is 0.0878. The second-order valence-electron chi connectivity index (χ2n) is 0.556. The molecular weight excluding hydrogens is 130 g/mol. The first-order valence-electron chi connectivity index (χ1n) is 0.890. The van der Waals surface area contributed by atoms with E-state index in [9.17, 15) is 8.42 Å². The molecular formula is H2ClNO3S. The summed E-state index contributed by atoms with van der Waals surface area (Å²) in [7, 11) is -3.90. The van der Waals surface area contributed by atoms with E-state index in [2.05, 4.69) is 20.7 Å². The van der Waals surface area contributed by atoms with Crippen LogP contribution in [0.2, 0.25) is 0 Å². The smallest absolute Gasteiger partial charge is 0.204 e. The van der Waals surface area contributed by atoms with Crippen molar-refractivity contribution in [3.63, 3.8) is 0 Å². The molecule has 6 heavy (non-hydrogen) atoms. The number of rotatable bonds is 1. The molecule has 0 radical (unpaired) electrons. The first-order valence-corrected chi connectivity index (χ1v) is 2.67. The summed E-state index contributed by atoms with van der Waals surface area (Å²) >= 11 is 4.26. The molecule has 0 aromatic carbocycles. The number of nitrogens with two attached hydrogens (primary N) is 1. The fourth-order valence-electron chi connectivity index (χ4n) is 0. The lowest BCUT2D eigenvalue weighted by molar-refractivity contribution is 0.511. The zero-order valence-electron chi connectivity index (χ0n) is 2.59. The van der Waals surface area contributed by atoms with Gasteiger partial charge in [-0.15, -0.1) is 3.74 Å². The van der Waals surface area contributed by atoms with Crippen molar-refractivity contribution in [2.75, 3.05) is 0 Å². The van der Waals surface area contributed by atoms with Gasteiger partial charge in [-0.25, -0.2) is 5.14 Å². The summed E-state index contributed by atoms with van der Waals surface area (Å²) in [5.41, 5.74) is 0. The fraction of sp³-hybridized carbons (Fsp3) is 0. The maximum Gasteiger partial charge on any atom is 0.349 e. The fourth-order valence-corrected chi connectivity index (χ4v) is 0. The van der Waals surface area contributed by atoms with E-state index in [-0.39, 0.29) is 0 Å². The molecule has 0 aliphatic heterocycles. The van der Waals surface area contributed by atoms with E-state index in [0.717, 1.165) is 0 Å². The van der Waals surface area contributed by atoms with Gasteiger partial charge in [-0.1, -0.05) is 0 Å². The largest absolute Gasteiger partial charge is 0.349 e. The zero-order chi connectivity index (χ0) is 5.21. The van der Waals surface area contributed by atoms with Crippen LogP contribution < -0.4 is 5.14 Å². The topological polar surface area (TPSA) is 69.4 Å². The van der Waals surface area contributed by atoms with Gasteiger partial charge in [-0.2, -0.15) is 8.42 Å². The van der Waals surface area contributed by atoms with E-state index in [0.29, 0.717) is 0 Å². The van der Waals surface area contributed by atoms with Crippen LogP contribution in [0.3, 0.4) is 0 Å². The van der Waals surface area contributed by atoms with Gasteiger partial charge in [0.05, 0.1) is 11.9 Å². The van der Waals surface area contributed by atoms with Gasteiger partial charge in [0.2, 0.25) is 0 Å². The average molecular weight is 132 g/mol. The van der Waals surface area contributed by atoms with Crippen molar-refractivity contribution >= 4 is 22.2 Å². The Morgan fingerprint density at radius 3 is 1.83 bits per heavy atom. The van der Waals surface area contributed by atoms with Crippen LogP contribution in [-0.4, -0.2) is 8.42 Å². The summed E-state index contributed by atoms with van der Waals surface area (Å²) in [4.78, 5) is 0. The molecule has 0 heterocycles. The average Bonchev–Trinajstić information content (AvgIpc) is 1.35. The van der Waals surface area contributed by atoms with Gasteiger partial charge in [0, 0.05) is 0 Å². The molecule has 0 aromatic heterocycles. The SMILES string of the molecule is NS(=O)(=O)OCl. The second-order valence-corrected chi connectivity index (χ2v) is 2.05. The van der Waals surface area contributed by atoms with Crippen LogP contribution >= 0.6 is 11.9 Å². The molecule has 0 fully saturated rings. The van der Waals surface area contributed by atoms with Crippen molar-refractivity contribution in [3.8, 4) is 0 Å². The first kappa shape index (κ1) is 6.16. The van der Waals surface area contributed by atoms with Crippen molar-refractivity contribution in [3.05, 3.63) is 0 Å². The van der Waals surface area contributed by atoms with E-state index in [1.807, 2.05) is 0 Å². The molecule has 38 valence electrons. The summed E-state index contributed by atoms with van der Waals surface area (Å²) in [6.45, 7) is 0. The predicted octanol–water partition coefficient (Wildman–Crippen LogP) is -0.640. The Labute approximate surface area is 40.3 Å². The van der Waals surface area contributed by atoms with E-state index < -0.39 is 10.3 Å². The molecule has 0 amide bonds. The summed E-state index contributed by atoms with van der Waals surface area (Å²) in [6.07, 6.45) is 0. The van der Waals surface area contributed by atoms with Gasteiger partial charge >= 0.3 is 10.3 Å². The van der Waals surface area contributed by atoms with Crippen LogP contribution in [0.5, 0.6) is 0 Å². The maximum absolute atomic E-state index is 9.42. The van der Waals surface area contributed by atoms with Crippen LogP contribution in [0.1, 0.15) is 0 Å². The summed E-state index contributed by atoms with van der Waals surface area (Å²) in [5, 5.41) is 4.15. The van der Waals surface area contributed by atoms with Gasteiger partial charge in [0.15, 0.2) is 0 Å². The highest BCUT2D eigenvalue weighted by atomic mass is 35.5. The highest BCUT2D eigenvalue weighted by molar-refractivity contribution is 7.85. The number of hydrogen-bond acceptors (Lipinski definition) is 3. The quantitative estimate of drug-likeness (QED) is 0.515. The van der Waals surface area contributed by atoms with Crippen LogP contribution in [0.25, 0.3) is 0 Å². The molecule has 0 atom stereocenters. The van der Waals surface area contributed by atoms with Crippen LogP contribution in [0.15, 0.2) is 0 Å². The third-order valence-corrected chi connectivity index (χ3v) is 0.790. The third kappa shape index (κ3) is 4.16. The van der Waals surface area contributed by atoms with E-state index in [1.54, 1.807) is 0 Å². The lowest BCUT2D eigenvalue weighted by atomic mass is 13.9. The van der Waals surface area contributed by atoms with Gasteiger partial charge < -0.3 is 0 Å². The Hall–Kier alpha value is 0.160. The molecule has 0 rings (SSSR count). The van der Waals surface area contributed by atoms with Gasteiger partial charge in [-0.05, 0) is 0 Å². The van der Waals surface area contributed by atoms with E-state index in [4.69, 9.17) is 0 Å². The normalized spacial score (nSPS) is 11.7. The molecule has 0 aliphatic rings. The Kier molecular flexibility index (Phi) is 1.79. The monoisotopic (exact) mass is 131 g/mol. The number of hydrogen-bond donors (Lipinski definition) is 1. The molecule has 0 bridgehead atoms. The van der Waals surface area contributed by atoms with Crippen LogP contribution in [-0.2, 0) is 14.0 Å². The van der Waals surface area contributed by atoms with Crippen LogP contribution in [0, 0.1) is 0 Å². The minimum Gasteiger partial charge on any atom is -0.204 e. The molecule has 0 saturated heterocycles. The Morgan fingerprint density at radius 2 is 1.83 bits per heavy atom. The Balaban J connectivity index is 3.85. The zero-order valence-corrected chi connectivity index (χ0v) is 4.16. The lowest BCUT2D eigenvalue weighted by Gasteiger charge is -1.79. The standard InChI is InChI=1S/ClH2NO3S/c1-5-6(2,3)4/h(H2,2,3,4). The molecule has 2 N–H and O–H groups in total. The second kappa shape index (κ2) is 1.74. The maximum atomic E-state index is 9.42. The van der Waals surface area contributed by atoms with Gasteiger partial charge in [0.25, 0.3) is 0 Å². The van der Waals surface area contributed by atoms with Crippen molar-refractivity contribution in [2.45, 2.75) is 0 Å². The first-order chi connectivity index (χ1) is 2.56. The summed E-state index contributed by atoms with van der Waals surface area (Å²) < 4.78 is 22.0. The minimum atomic E-state index is -3.90. The van der Waals surface area contributed by atoms with Crippen molar-refractivity contribution < 1.29 is 12.2 Å². The molecule has 0 aliphatic carbocycles. The minimum absolute atomic E-state index is 3.16. The Bertz CT molecular complexity index is 113. The van der Waals surface area contributed by atoms with Crippen molar-refractivity contribution in [1.82, 2.24) is 0 Å². The molecule has 0 aromatic rings. The predicted molar refractivity (Wildman–Crippen MR) is 20.0 cm³/mol. The van der Waals surface area contributed by atoms with Gasteiger partial charge in [-0.3, -0.25) is 0 Å². The molecule has 4 nitrogen and oxygen atoms in total. The lowest BCUT2D eigenvalue weighted by Crippen LogP contribution is -2.10.